The number of phenols is 1. The minimum absolute atomic E-state index is 0. The zero-order valence-electron chi connectivity index (χ0n) is 13.1. The highest BCUT2D eigenvalue weighted by molar-refractivity contribution is 9.11. The van der Waals surface area contributed by atoms with Crippen molar-refractivity contribution in [1.82, 2.24) is 10.2 Å². The molecular weight excluding hydrogens is 515 g/mol. The third kappa shape index (κ3) is 4.63. The fourth-order valence-electron chi connectivity index (χ4n) is 2.94. The van der Waals surface area contributed by atoms with Crippen LogP contribution in [0.2, 0.25) is 0 Å². The third-order valence-electron chi connectivity index (χ3n) is 4.12. The van der Waals surface area contributed by atoms with E-state index in [1.165, 1.54) is 0 Å². The molecule has 1 fully saturated rings. The maximum atomic E-state index is 10.3. The van der Waals surface area contributed by atoms with Gasteiger partial charge in [0.15, 0.2) is 0 Å². The number of aliphatic hydroxyl groups is 1. The lowest BCUT2D eigenvalue weighted by molar-refractivity contribution is 0.0296. The van der Waals surface area contributed by atoms with E-state index < -0.39 is 0 Å². The molecule has 1 heterocycles. The summed E-state index contributed by atoms with van der Waals surface area (Å²) < 4.78 is 2.21. The number of piperazine rings is 1. The highest BCUT2D eigenvalue weighted by Crippen LogP contribution is 2.48. The van der Waals surface area contributed by atoms with E-state index in [2.05, 4.69) is 71.9 Å². The molecule has 0 radical (unpaired) electrons. The van der Waals surface area contributed by atoms with Gasteiger partial charge in [-0.3, -0.25) is 4.90 Å². The zero-order chi connectivity index (χ0) is 16.5. The molecule has 1 saturated heterocycles. The lowest BCUT2D eigenvalue weighted by atomic mass is 9.79. The first-order valence-corrected chi connectivity index (χ1v) is 9.59. The van der Waals surface area contributed by atoms with Crippen LogP contribution >= 0.6 is 60.2 Å². The van der Waals surface area contributed by atoms with Crippen LogP contribution in [0.3, 0.4) is 0 Å². The summed E-state index contributed by atoms with van der Waals surface area (Å²) in [6, 6.07) is 1.85. The molecule has 0 spiro atoms. The Morgan fingerprint density at radius 1 is 1.22 bits per heavy atom. The summed E-state index contributed by atoms with van der Waals surface area (Å²) in [5.74, 6) is 0.187. The molecule has 0 saturated carbocycles. The Labute approximate surface area is 168 Å². The van der Waals surface area contributed by atoms with Gasteiger partial charge < -0.3 is 15.5 Å². The summed E-state index contributed by atoms with van der Waals surface area (Å²) in [7, 11) is 0. The number of aromatic hydroxyl groups is 1. The minimum atomic E-state index is -0.345. The van der Waals surface area contributed by atoms with Crippen LogP contribution in [0.4, 0.5) is 0 Å². The number of hydrogen-bond donors (Lipinski definition) is 3. The van der Waals surface area contributed by atoms with Crippen molar-refractivity contribution in [2.75, 3.05) is 32.8 Å². The van der Waals surface area contributed by atoms with E-state index in [4.69, 9.17) is 0 Å². The van der Waals surface area contributed by atoms with Crippen LogP contribution in [-0.2, 0) is 0 Å². The van der Waals surface area contributed by atoms with Crippen LogP contribution in [0, 0.1) is 5.41 Å². The number of aliphatic hydroxyl groups excluding tert-OH is 1. The van der Waals surface area contributed by atoms with E-state index >= 15 is 0 Å². The topological polar surface area (TPSA) is 55.7 Å². The van der Waals surface area contributed by atoms with Gasteiger partial charge in [0.05, 0.1) is 8.95 Å². The van der Waals surface area contributed by atoms with E-state index in [0.29, 0.717) is 8.95 Å². The predicted octanol–water partition coefficient (Wildman–Crippen LogP) is 4.07. The van der Waals surface area contributed by atoms with E-state index in [0.717, 1.165) is 36.2 Å². The van der Waals surface area contributed by atoms with Gasteiger partial charge in [0.2, 0.25) is 0 Å². The van der Waals surface area contributed by atoms with Gasteiger partial charge >= 0.3 is 0 Å². The average Bonchev–Trinajstić information content (AvgIpc) is 2.50. The number of halogens is 4. The molecule has 3 N–H and O–H groups in total. The summed E-state index contributed by atoms with van der Waals surface area (Å²) >= 11 is 10.5. The van der Waals surface area contributed by atoms with Gasteiger partial charge in [-0.15, -0.1) is 12.4 Å². The molecule has 4 nitrogen and oxygen atoms in total. The molecule has 1 aliphatic heterocycles. The summed E-state index contributed by atoms with van der Waals surface area (Å²) in [5, 5.41) is 23.6. The molecule has 8 heteroatoms. The number of hydrogen-bond acceptors (Lipinski definition) is 4. The van der Waals surface area contributed by atoms with Gasteiger partial charge in [0.25, 0.3) is 0 Å². The number of phenolic OH excluding ortho intramolecular Hbond substituents is 1. The molecule has 0 aromatic heterocycles. The lowest BCUT2D eigenvalue weighted by Gasteiger charge is -2.44. The fourth-order valence-corrected chi connectivity index (χ4v) is 5.49. The standard InChI is InChI=1S/C15H21Br3N2O2.ClH/c1-15(2,8-21)14(20-5-3-19-4-6-20)11-9(16)7-10(17)13(22)12(11)18;/h7,14,19,21-22H,3-6,8H2,1-2H3;1H/t14-;/m1./s1. The molecule has 0 aliphatic carbocycles. The molecule has 132 valence electrons. The van der Waals surface area contributed by atoms with Crippen molar-refractivity contribution >= 4 is 60.2 Å². The number of nitrogens with one attached hydrogen (secondary N) is 1. The Kier molecular flexibility index (Phi) is 8.32. The van der Waals surface area contributed by atoms with Gasteiger partial charge in [-0.2, -0.15) is 0 Å². The van der Waals surface area contributed by atoms with Crippen LogP contribution in [0.1, 0.15) is 25.5 Å². The SMILES string of the molecule is CC(C)(CO)[C@@H](c1c(Br)cc(Br)c(O)c1Br)N1CCNCC1.Cl. The maximum absolute atomic E-state index is 10.3. The van der Waals surface area contributed by atoms with Crippen LogP contribution in [-0.4, -0.2) is 47.9 Å². The summed E-state index contributed by atoms with van der Waals surface area (Å²) in [4.78, 5) is 2.37. The molecule has 2 rings (SSSR count). The van der Waals surface area contributed by atoms with Gasteiger partial charge in [-0.1, -0.05) is 29.8 Å². The Balaban J connectivity index is 0.00000264. The first-order chi connectivity index (χ1) is 10.3. The lowest BCUT2D eigenvalue weighted by Crippen LogP contribution is -2.49. The van der Waals surface area contributed by atoms with Gasteiger partial charge in [-0.05, 0) is 37.9 Å². The largest absolute Gasteiger partial charge is 0.506 e. The molecule has 1 aromatic carbocycles. The van der Waals surface area contributed by atoms with E-state index in [1.807, 2.05) is 6.07 Å². The highest BCUT2D eigenvalue weighted by Gasteiger charge is 2.38. The predicted molar refractivity (Wildman–Crippen MR) is 107 cm³/mol. The van der Waals surface area contributed by atoms with Crippen LogP contribution in [0.5, 0.6) is 5.75 Å². The molecule has 1 aliphatic rings. The summed E-state index contributed by atoms with van der Waals surface area (Å²) in [5.41, 5.74) is 0.629. The minimum Gasteiger partial charge on any atom is -0.506 e. The van der Waals surface area contributed by atoms with Crippen molar-refractivity contribution in [2.45, 2.75) is 19.9 Å². The highest BCUT2D eigenvalue weighted by atomic mass is 79.9. The number of nitrogens with zero attached hydrogens (tertiary/aromatic N) is 1. The molecule has 23 heavy (non-hydrogen) atoms. The Morgan fingerprint density at radius 3 is 2.30 bits per heavy atom. The summed E-state index contributed by atoms with van der Waals surface area (Å²) in [6.45, 7) is 7.84. The molecule has 1 aromatic rings. The Morgan fingerprint density at radius 2 is 1.78 bits per heavy atom. The molecule has 1 atom stereocenters. The van der Waals surface area contributed by atoms with Crippen molar-refractivity contribution in [2.24, 2.45) is 5.41 Å². The quantitative estimate of drug-likeness (QED) is 0.543. The monoisotopic (exact) mass is 534 g/mol. The first-order valence-electron chi connectivity index (χ1n) is 7.21. The number of benzene rings is 1. The first kappa shape index (κ1) is 21.7. The second-order valence-electron chi connectivity index (χ2n) is 6.25. The van der Waals surface area contributed by atoms with Gasteiger partial charge in [0.1, 0.15) is 5.75 Å². The van der Waals surface area contributed by atoms with Gasteiger partial charge in [-0.25, -0.2) is 0 Å². The molecular formula is C15H22Br3ClN2O2. The average molecular weight is 538 g/mol. The van der Waals surface area contributed by atoms with E-state index in [9.17, 15) is 10.2 Å². The van der Waals surface area contributed by atoms with Crippen LogP contribution in [0.15, 0.2) is 19.5 Å². The second kappa shape index (κ2) is 8.83. The smallest absolute Gasteiger partial charge is 0.144 e. The molecule has 0 unspecified atom stereocenters. The third-order valence-corrected chi connectivity index (χ3v) is 6.18. The molecule has 0 bridgehead atoms. The van der Waals surface area contributed by atoms with Gasteiger partial charge in [0, 0.05) is 54.3 Å². The second-order valence-corrected chi connectivity index (χ2v) is 8.75. The summed E-state index contributed by atoms with van der Waals surface area (Å²) in [6.07, 6.45) is 0. The van der Waals surface area contributed by atoms with E-state index in [-0.39, 0.29) is 36.2 Å². The normalized spacial score (nSPS) is 17.7. The maximum Gasteiger partial charge on any atom is 0.144 e. The van der Waals surface area contributed by atoms with Crippen molar-refractivity contribution in [1.29, 1.82) is 0 Å². The Hall–Kier alpha value is 0.630. The Bertz CT molecular complexity index is 552. The zero-order valence-corrected chi connectivity index (χ0v) is 18.6. The van der Waals surface area contributed by atoms with Crippen molar-refractivity contribution in [3.8, 4) is 5.75 Å². The van der Waals surface area contributed by atoms with Crippen molar-refractivity contribution in [3.63, 3.8) is 0 Å². The van der Waals surface area contributed by atoms with Crippen LogP contribution < -0.4 is 5.32 Å². The molecule has 0 amide bonds. The van der Waals surface area contributed by atoms with Crippen LogP contribution in [0.25, 0.3) is 0 Å². The van der Waals surface area contributed by atoms with Crippen molar-refractivity contribution < 1.29 is 10.2 Å². The van der Waals surface area contributed by atoms with Crippen molar-refractivity contribution in [3.05, 3.63) is 25.0 Å². The fraction of sp³-hybridized carbons (Fsp3) is 0.600. The van der Waals surface area contributed by atoms with E-state index in [1.54, 1.807) is 0 Å². The number of rotatable bonds is 4.